The van der Waals surface area contributed by atoms with Gasteiger partial charge in [-0.3, -0.25) is 9.69 Å². The molecule has 7 nitrogen and oxygen atoms in total. The molecule has 0 spiro atoms. The lowest BCUT2D eigenvalue weighted by Crippen LogP contribution is -2.51. The number of carbonyl (C=O) groups excluding carboxylic acids is 1. The van der Waals surface area contributed by atoms with Gasteiger partial charge in [-0.2, -0.15) is 5.10 Å². The number of amides is 1. The molecule has 35 heavy (non-hydrogen) atoms. The Labute approximate surface area is 207 Å². The first kappa shape index (κ1) is 22.4. The van der Waals surface area contributed by atoms with Crippen LogP contribution < -0.4 is 9.80 Å². The summed E-state index contributed by atoms with van der Waals surface area (Å²) in [6.07, 6.45) is 6.16. The van der Waals surface area contributed by atoms with E-state index in [0.717, 1.165) is 70.7 Å². The second kappa shape index (κ2) is 9.19. The molecule has 184 valence electrons. The van der Waals surface area contributed by atoms with Crippen molar-refractivity contribution in [1.29, 1.82) is 0 Å². The van der Waals surface area contributed by atoms with E-state index in [9.17, 15) is 4.79 Å². The van der Waals surface area contributed by atoms with Gasteiger partial charge in [-0.25, -0.2) is 4.52 Å². The number of piperazine rings is 2. The molecule has 3 aromatic rings. The summed E-state index contributed by atoms with van der Waals surface area (Å²) in [7, 11) is 0. The van der Waals surface area contributed by atoms with Crippen LogP contribution in [0.25, 0.3) is 16.6 Å². The van der Waals surface area contributed by atoms with Crippen molar-refractivity contribution < 1.29 is 4.79 Å². The second-order valence-corrected chi connectivity index (χ2v) is 10.3. The number of aromatic nitrogens is 2. The number of rotatable bonds is 5. The van der Waals surface area contributed by atoms with Crippen molar-refractivity contribution in [2.75, 3.05) is 62.2 Å². The van der Waals surface area contributed by atoms with Gasteiger partial charge in [-0.1, -0.05) is 19.1 Å². The van der Waals surface area contributed by atoms with Gasteiger partial charge in [-0.15, -0.1) is 0 Å². The van der Waals surface area contributed by atoms with Crippen LogP contribution in [0.15, 0.2) is 48.8 Å². The van der Waals surface area contributed by atoms with E-state index in [2.05, 4.69) is 81.1 Å². The number of carbonyl (C=O) groups is 1. The van der Waals surface area contributed by atoms with Crippen LogP contribution >= 0.6 is 0 Å². The lowest BCUT2D eigenvalue weighted by atomic mass is 10.1. The highest BCUT2D eigenvalue weighted by molar-refractivity contribution is 5.82. The average Bonchev–Trinajstić information content (AvgIpc) is 3.66. The number of nitrogens with zero attached hydrogens (tertiary/aromatic N) is 6. The normalized spacial score (nSPS) is 21.7. The molecule has 3 aliphatic rings. The highest BCUT2D eigenvalue weighted by Gasteiger charge is 2.34. The van der Waals surface area contributed by atoms with E-state index < -0.39 is 0 Å². The fourth-order valence-corrected chi connectivity index (χ4v) is 5.75. The summed E-state index contributed by atoms with van der Waals surface area (Å²) in [5.74, 6) is 0.665. The van der Waals surface area contributed by atoms with E-state index in [1.165, 1.54) is 22.5 Å². The monoisotopic (exact) mass is 472 g/mol. The highest BCUT2D eigenvalue weighted by atomic mass is 16.2. The number of anilines is 2. The molecule has 1 amide bonds. The van der Waals surface area contributed by atoms with Crippen molar-refractivity contribution >= 4 is 22.8 Å². The Hall–Kier alpha value is -3.06. The first-order valence-corrected chi connectivity index (χ1v) is 13.2. The van der Waals surface area contributed by atoms with Gasteiger partial charge >= 0.3 is 0 Å². The fourth-order valence-electron chi connectivity index (χ4n) is 5.75. The predicted molar refractivity (Wildman–Crippen MR) is 141 cm³/mol. The van der Waals surface area contributed by atoms with E-state index in [-0.39, 0.29) is 0 Å². The van der Waals surface area contributed by atoms with Gasteiger partial charge in [0.2, 0.25) is 5.91 Å². The van der Waals surface area contributed by atoms with E-state index in [1.807, 2.05) is 10.7 Å². The maximum absolute atomic E-state index is 12.4. The molecular formula is C28H36N6O. The minimum absolute atomic E-state index is 0.304. The molecule has 3 fully saturated rings. The predicted octanol–water partition coefficient (Wildman–Crippen LogP) is 3.59. The molecule has 2 aromatic heterocycles. The van der Waals surface area contributed by atoms with Crippen LogP contribution in [-0.4, -0.2) is 83.7 Å². The summed E-state index contributed by atoms with van der Waals surface area (Å²) in [5, 5.41) is 4.58. The first-order valence-electron chi connectivity index (χ1n) is 13.2. The van der Waals surface area contributed by atoms with Crippen molar-refractivity contribution in [2.24, 2.45) is 5.92 Å². The Balaban J connectivity index is 1.18. The minimum Gasteiger partial charge on any atom is -0.369 e. The zero-order valence-electron chi connectivity index (χ0n) is 20.9. The molecule has 1 aliphatic carbocycles. The Kier molecular flexibility index (Phi) is 5.88. The Morgan fingerprint density at radius 1 is 0.943 bits per heavy atom. The van der Waals surface area contributed by atoms with Crippen molar-refractivity contribution in [1.82, 2.24) is 19.4 Å². The zero-order valence-corrected chi connectivity index (χ0v) is 20.9. The molecule has 2 saturated heterocycles. The van der Waals surface area contributed by atoms with Crippen molar-refractivity contribution in [2.45, 2.75) is 32.7 Å². The molecule has 1 atom stereocenters. The van der Waals surface area contributed by atoms with E-state index in [4.69, 9.17) is 0 Å². The number of hydrogen-bond acceptors (Lipinski definition) is 5. The van der Waals surface area contributed by atoms with Gasteiger partial charge in [0, 0.05) is 81.4 Å². The smallest absolute Gasteiger partial charge is 0.225 e. The minimum atomic E-state index is 0.304. The van der Waals surface area contributed by atoms with Crippen LogP contribution in [-0.2, 0) is 4.79 Å². The van der Waals surface area contributed by atoms with Gasteiger partial charge in [0.05, 0.1) is 11.2 Å². The van der Waals surface area contributed by atoms with Crippen LogP contribution in [0.2, 0.25) is 0 Å². The lowest BCUT2D eigenvalue weighted by Gasteiger charge is -2.40. The third-order valence-electron chi connectivity index (χ3n) is 8.08. The first-order chi connectivity index (χ1) is 17.1. The molecule has 0 bridgehead atoms. The quantitative estimate of drug-likeness (QED) is 0.568. The summed E-state index contributed by atoms with van der Waals surface area (Å²) in [4.78, 5) is 21.9. The topological polar surface area (TPSA) is 47.3 Å². The largest absolute Gasteiger partial charge is 0.369 e. The molecular weight excluding hydrogens is 436 g/mol. The molecule has 7 heteroatoms. The number of benzene rings is 1. The van der Waals surface area contributed by atoms with Crippen LogP contribution in [0.1, 0.15) is 26.7 Å². The molecule has 4 heterocycles. The summed E-state index contributed by atoms with van der Waals surface area (Å²) in [6.45, 7) is 12.4. The molecule has 0 N–H and O–H groups in total. The molecule has 6 rings (SSSR count). The summed E-state index contributed by atoms with van der Waals surface area (Å²) >= 11 is 0. The van der Waals surface area contributed by atoms with E-state index in [1.54, 1.807) is 0 Å². The maximum atomic E-state index is 12.4. The van der Waals surface area contributed by atoms with Gasteiger partial charge in [0.25, 0.3) is 0 Å². The number of hydrogen-bond donors (Lipinski definition) is 0. The van der Waals surface area contributed by atoms with Gasteiger partial charge in [0.15, 0.2) is 0 Å². The van der Waals surface area contributed by atoms with E-state index in [0.29, 0.717) is 17.9 Å². The molecule has 1 aromatic carbocycles. The summed E-state index contributed by atoms with van der Waals surface area (Å²) in [6, 6.07) is 13.9. The highest BCUT2D eigenvalue weighted by Crippen LogP contribution is 2.33. The zero-order chi connectivity index (χ0) is 23.9. The van der Waals surface area contributed by atoms with Crippen LogP contribution in [0.4, 0.5) is 11.4 Å². The lowest BCUT2D eigenvalue weighted by molar-refractivity contribution is -0.132. The third kappa shape index (κ3) is 4.38. The Bertz CT molecular complexity index is 1190. The average molecular weight is 473 g/mol. The van der Waals surface area contributed by atoms with Crippen LogP contribution in [0, 0.1) is 5.92 Å². The summed E-state index contributed by atoms with van der Waals surface area (Å²) < 4.78 is 1.99. The molecule has 0 unspecified atom stereocenters. The van der Waals surface area contributed by atoms with Crippen molar-refractivity contribution in [3.63, 3.8) is 0 Å². The fraction of sp³-hybridized carbons (Fsp3) is 0.500. The molecule has 2 aliphatic heterocycles. The molecule has 0 radical (unpaired) electrons. The number of fused-ring (bicyclic) bond motifs is 1. The summed E-state index contributed by atoms with van der Waals surface area (Å²) in [5.41, 5.74) is 6.02. The van der Waals surface area contributed by atoms with Crippen molar-refractivity contribution in [3.8, 4) is 11.1 Å². The van der Waals surface area contributed by atoms with Crippen molar-refractivity contribution in [3.05, 3.63) is 48.8 Å². The maximum Gasteiger partial charge on any atom is 0.225 e. The number of likely N-dealkylation sites (N-methyl/N-ethyl adjacent to an activating group) is 1. The van der Waals surface area contributed by atoms with Gasteiger partial charge < -0.3 is 14.7 Å². The van der Waals surface area contributed by atoms with Gasteiger partial charge in [-0.05, 0) is 56.1 Å². The third-order valence-corrected chi connectivity index (χ3v) is 8.08. The van der Waals surface area contributed by atoms with Gasteiger partial charge in [0.1, 0.15) is 0 Å². The van der Waals surface area contributed by atoms with Crippen LogP contribution in [0.3, 0.4) is 0 Å². The second-order valence-electron chi connectivity index (χ2n) is 10.3. The molecule has 1 saturated carbocycles. The Morgan fingerprint density at radius 2 is 1.69 bits per heavy atom. The SMILES string of the molecule is CCN1CCN(c2ccc(-c3cc4c(N5CCN(C(=O)C6CC6)CC5)ccnn4c3)cc2)C[C@H]1C. The van der Waals surface area contributed by atoms with Crippen LogP contribution in [0.5, 0.6) is 0 Å². The Morgan fingerprint density at radius 3 is 2.37 bits per heavy atom. The van der Waals surface area contributed by atoms with E-state index >= 15 is 0 Å². The standard InChI is InChI=1S/C28H36N6O/c1-3-30-12-17-33(19-21(30)2)25-8-6-22(7-9-25)24-18-27-26(10-11-29-34(27)20-24)31-13-15-32(16-14-31)28(35)23-4-5-23/h6-11,18,20-21,23H,3-5,12-17,19H2,1-2H3/t21-/m1/s1.